The minimum atomic E-state index is 0.383. The fourth-order valence-electron chi connectivity index (χ4n) is 2.00. The van der Waals surface area contributed by atoms with Crippen LogP contribution in [0.15, 0.2) is 68.9 Å². The fraction of sp³-hybridized carbons (Fsp3) is 0.0625. The first-order valence-corrected chi connectivity index (χ1v) is 8.13. The van der Waals surface area contributed by atoms with Crippen molar-refractivity contribution >= 4 is 11.8 Å². The number of rotatable bonds is 5. The zero-order valence-electron chi connectivity index (χ0n) is 12.4. The van der Waals surface area contributed by atoms with Gasteiger partial charge in [-0.25, -0.2) is 0 Å². The van der Waals surface area contributed by atoms with Gasteiger partial charge in [-0.05, 0) is 12.1 Å². The Bertz CT molecular complexity index is 846. The summed E-state index contributed by atoms with van der Waals surface area (Å²) in [6.07, 6.45) is 1.68. The molecule has 0 N–H and O–H groups in total. The standard InChI is InChI=1S/C16H11N5O2S/c1-2-6-11(7-3-1)14-18-13(23-21-14)10-24-16-20-19-15(22-16)12-8-4-5-9-17-12/h1-9H,10H2. The van der Waals surface area contributed by atoms with E-state index in [-0.39, 0.29) is 0 Å². The molecular weight excluding hydrogens is 326 g/mol. The van der Waals surface area contributed by atoms with Crippen LogP contribution in [0.2, 0.25) is 0 Å². The lowest BCUT2D eigenvalue weighted by atomic mass is 10.2. The van der Waals surface area contributed by atoms with Crippen LogP contribution in [0, 0.1) is 0 Å². The number of thioether (sulfide) groups is 1. The molecule has 1 aromatic carbocycles. The molecule has 4 aromatic rings. The Morgan fingerprint density at radius 2 is 1.83 bits per heavy atom. The van der Waals surface area contributed by atoms with E-state index in [1.165, 1.54) is 11.8 Å². The van der Waals surface area contributed by atoms with Gasteiger partial charge in [-0.15, -0.1) is 10.2 Å². The first-order valence-electron chi connectivity index (χ1n) is 7.14. The maximum Gasteiger partial charge on any atom is 0.277 e. The molecule has 0 aliphatic carbocycles. The Kier molecular flexibility index (Phi) is 4.03. The highest BCUT2D eigenvalue weighted by Crippen LogP contribution is 2.25. The van der Waals surface area contributed by atoms with Gasteiger partial charge in [-0.2, -0.15) is 4.98 Å². The second-order valence-corrected chi connectivity index (χ2v) is 5.68. The molecule has 0 aliphatic rings. The van der Waals surface area contributed by atoms with Gasteiger partial charge in [0.05, 0.1) is 5.75 Å². The van der Waals surface area contributed by atoms with Gasteiger partial charge in [0.15, 0.2) is 0 Å². The van der Waals surface area contributed by atoms with E-state index in [0.717, 1.165) is 5.56 Å². The number of nitrogens with zero attached hydrogens (tertiary/aromatic N) is 5. The summed E-state index contributed by atoms with van der Waals surface area (Å²) >= 11 is 1.33. The molecule has 3 aromatic heterocycles. The number of hydrogen-bond acceptors (Lipinski definition) is 8. The van der Waals surface area contributed by atoms with Crippen molar-refractivity contribution in [2.45, 2.75) is 11.0 Å². The summed E-state index contributed by atoms with van der Waals surface area (Å²) in [4.78, 5) is 8.53. The maximum atomic E-state index is 5.57. The topological polar surface area (TPSA) is 90.7 Å². The average Bonchev–Trinajstić information content (AvgIpc) is 3.31. The lowest BCUT2D eigenvalue weighted by Gasteiger charge is -1.92. The molecule has 0 saturated carbocycles. The van der Waals surface area contributed by atoms with E-state index in [0.29, 0.717) is 34.3 Å². The lowest BCUT2D eigenvalue weighted by molar-refractivity contribution is 0.391. The molecule has 0 aliphatic heterocycles. The molecule has 0 saturated heterocycles. The molecule has 24 heavy (non-hydrogen) atoms. The van der Waals surface area contributed by atoms with Gasteiger partial charge >= 0.3 is 0 Å². The summed E-state index contributed by atoms with van der Waals surface area (Å²) < 4.78 is 10.8. The summed E-state index contributed by atoms with van der Waals surface area (Å²) in [5.74, 6) is 1.89. The highest BCUT2D eigenvalue weighted by atomic mass is 32.2. The van der Waals surface area contributed by atoms with Gasteiger partial charge in [-0.3, -0.25) is 4.98 Å². The lowest BCUT2D eigenvalue weighted by Crippen LogP contribution is -1.82. The van der Waals surface area contributed by atoms with Gasteiger partial charge in [0.1, 0.15) is 5.69 Å². The van der Waals surface area contributed by atoms with Crippen LogP contribution in [-0.2, 0) is 5.75 Å². The molecule has 8 heteroatoms. The summed E-state index contributed by atoms with van der Waals surface area (Å²) in [7, 11) is 0. The monoisotopic (exact) mass is 337 g/mol. The van der Waals surface area contributed by atoms with Crippen molar-refractivity contribution in [2.75, 3.05) is 0 Å². The molecule has 0 atom stereocenters. The Morgan fingerprint density at radius 1 is 0.958 bits per heavy atom. The van der Waals surface area contributed by atoms with Crippen LogP contribution in [0.5, 0.6) is 0 Å². The largest absolute Gasteiger partial charge is 0.410 e. The first kappa shape index (κ1) is 14.6. The Morgan fingerprint density at radius 3 is 2.67 bits per heavy atom. The molecule has 3 heterocycles. The zero-order chi connectivity index (χ0) is 16.2. The van der Waals surface area contributed by atoms with E-state index >= 15 is 0 Å². The van der Waals surface area contributed by atoms with Crippen LogP contribution >= 0.6 is 11.8 Å². The molecule has 4 rings (SSSR count). The van der Waals surface area contributed by atoms with Crippen molar-refractivity contribution in [1.82, 2.24) is 25.3 Å². The number of pyridine rings is 1. The highest BCUT2D eigenvalue weighted by molar-refractivity contribution is 7.98. The van der Waals surface area contributed by atoms with Crippen molar-refractivity contribution in [2.24, 2.45) is 0 Å². The van der Waals surface area contributed by atoms with E-state index < -0.39 is 0 Å². The van der Waals surface area contributed by atoms with Crippen LogP contribution in [-0.4, -0.2) is 25.3 Å². The van der Waals surface area contributed by atoms with Gasteiger partial charge in [0, 0.05) is 11.8 Å². The predicted octanol–water partition coefficient (Wildman–Crippen LogP) is 3.47. The van der Waals surface area contributed by atoms with Gasteiger partial charge in [-0.1, -0.05) is 53.3 Å². The van der Waals surface area contributed by atoms with E-state index in [1.807, 2.05) is 48.5 Å². The van der Waals surface area contributed by atoms with Crippen molar-refractivity contribution < 1.29 is 8.94 Å². The van der Waals surface area contributed by atoms with Gasteiger partial charge < -0.3 is 8.94 Å². The summed E-state index contributed by atoms with van der Waals surface area (Å²) in [6.45, 7) is 0. The van der Waals surface area contributed by atoms with Crippen LogP contribution in [0.3, 0.4) is 0 Å². The van der Waals surface area contributed by atoms with Crippen LogP contribution < -0.4 is 0 Å². The fourth-order valence-corrected chi connectivity index (χ4v) is 2.60. The third-order valence-electron chi connectivity index (χ3n) is 3.11. The Labute approximate surface area is 141 Å². The highest BCUT2D eigenvalue weighted by Gasteiger charge is 2.13. The van der Waals surface area contributed by atoms with Crippen LogP contribution in [0.4, 0.5) is 0 Å². The maximum absolute atomic E-state index is 5.57. The van der Waals surface area contributed by atoms with Gasteiger partial charge in [0.2, 0.25) is 11.7 Å². The average molecular weight is 337 g/mol. The van der Waals surface area contributed by atoms with Crippen LogP contribution in [0.25, 0.3) is 23.0 Å². The van der Waals surface area contributed by atoms with Crippen LogP contribution in [0.1, 0.15) is 5.89 Å². The second kappa shape index (κ2) is 6.63. The second-order valence-electron chi connectivity index (χ2n) is 4.75. The van der Waals surface area contributed by atoms with E-state index in [2.05, 4.69) is 25.3 Å². The Hall–Kier alpha value is -3.00. The molecular formula is C16H11N5O2S. The molecule has 0 bridgehead atoms. The molecule has 118 valence electrons. The molecule has 0 unspecified atom stereocenters. The molecule has 0 amide bonds. The quantitative estimate of drug-likeness (QED) is 0.511. The summed E-state index contributed by atoms with van der Waals surface area (Å²) in [5, 5.41) is 12.4. The normalized spacial score (nSPS) is 10.8. The van der Waals surface area contributed by atoms with Crippen molar-refractivity contribution in [3.05, 3.63) is 60.6 Å². The minimum absolute atomic E-state index is 0.383. The van der Waals surface area contributed by atoms with Crippen molar-refractivity contribution in [1.29, 1.82) is 0 Å². The van der Waals surface area contributed by atoms with Crippen molar-refractivity contribution in [3.8, 4) is 23.0 Å². The smallest absolute Gasteiger partial charge is 0.277 e. The number of benzene rings is 1. The van der Waals surface area contributed by atoms with E-state index in [4.69, 9.17) is 8.94 Å². The zero-order valence-corrected chi connectivity index (χ0v) is 13.2. The third-order valence-corrected chi connectivity index (χ3v) is 3.91. The van der Waals surface area contributed by atoms with E-state index in [1.54, 1.807) is 6.20 Å². The van der Waals surface area contributed by atoms with Crippen molar-refractivity contribution in [3.63, 3.8) is 0 Å². The molecule has 0 radical (unpaired) electrons. The predicted molar refractivity (Wildman–Crippen MR) is 86.8 cm³/mol. The van der Waals surface area contributed by atoms with Gasteiger partial charge in [0.25, 0.3) is 11.1 Å². The molecule has 0 spiro atoms. The number of hydrogen-bond donors (Lipinski definition) is 0. The van der Waals surface area contributed by atoms with E-state index in [9.17, 15) is 0 Å². The molecule has 0 fully saturated rings. The summed E-state index contributed by atoms with van der Waals surface area (Å²) in [6, 6.07) is 15.2. The SMILES string of the molecule is c1ccc(-c2noc(CSc3nnc(-c4ccccn4)o3)n2)cc1. The minimum Gasteiger partial charge on any atom is -0.410 e. The Balaban J connectivity index is 1.43. The third kappa shape index (κ3) is 3.18. The first-order chi connectivity index (χ1) is 11.9. The molecule has 7 nitrogen and oxygen atoms in total. The number of aromatic nitrogens is 5. The summed E-state index contributed by atoms with van der Waals surface area (Å²) in [5.41, 5.74) is 1.55.